The predicted octanol–water partition coefficient (Wildman–Crippen LogP) is 12.7. The van der Waals surface area contributed by atoms with E-state index >= 15 is 0 Å². The molecule has 0 bridgehead atoms. The van der Waals surface area contributed by atoms with E-state index in [0.717, 1.165) is 194 Å². The molecule has 0 aliphatic carbocycles. The van der Waals surface area contributed by atoms with Gasteiger partial charge in [-0.3, -0.25) is 19.7 Å². The van der Waals surface area contributed by atoms with Crippen LogP contribution in [0.15, 0.2) is 183 Å². The molecule has 5 aromatic carbocycles. The van der Waals surface area contributed by atoms with Gasteiger partial charge in [0.25, 0.3) is 0 Å². The van der Waals surface area contributed by atoms with Crippen LogP contribution >= 0.6 is 0 Å². The summed E-state index contributed by atoms with van der Waals surface area (Å²) in [5.41, 5.74) is 14.0. The molecule has 92 heavy (non-hydrogen) atoms. The Labute approximate surface area is 545 Å². The van der Waals surface area contributed by atoms with Gasteiger partial charge in [0, 0.05) is 144 Å². The summed E-state index contributed by atoms with van der Waals surface area (Å²) in [7, 11) is 0. The molecule has 4 aromatic heterocycles. The van der Waals surface area contributed by atoms with Crippen molar-refractivity contribution in [2.24, 2.45) is 0 Å². The van der Waals surface area contributed by atoms with E-state index in [4.69, 9.17) is 15.0 Å². The zero-order valence-corrected chi connectivity index (χ0v) is 54.3. The topological polar surface area (TPSA) is 156 Å². The van der Waals surface area contributed by atoms with Crippen molar-refractivity contribution in [3.63, 3.8) is 0 Å². The van der Waals surface area contributed by atoms with Crippen LogP contribution in [-0.2, 0) is 58.2 Å². The SMILES string of the molecule is CCC1CNCCN1Cc1cccc(-c2ccnc(CCCc3cccc(F)c3)n2)c1.CCN(Cc1cccc(-c2ccnc(CCCc3ccncc3)n2)c1)C1CCNCC1.C[C@H]1CNCCN1Cc1cccc(-c2ccnc(CCCc3ccc(O)cc3)n2)c1. The molecule has 0 spiro atoms. The van der Waals surface area contributed by atoms with Crippen molar-refractivity contribution in [3.05, 3.63) is 239 Å². The zero-order chi connectivity index (χ0) is 63.5. The van der Waals surface area contributed by atoms with Crippen LogP contribution in [0.25, 0.3) is 33.8 Å². The predicted molar refractivity (Wildman–Crippen MR) is 369 cm³/mol. The molecule has 0 saturated carbocycles. The largest absolute Gasteiger partial charge is 0.508 e. The minimum atomic E-state index is -0.179. The number of hydrogen-bond donors (Lipinski definition) is 4. The van der Waals surface area contributed by atoms with Gasteiger partial charge in [0.05, 0.1) is 17.1 Å². The first kappa shape index (κ1) is 66.9. The van der Waals surface area contributed by atoms with Crippen molar-refractivity contribution in [3.8, 4) is 39.5 Å². The minimum Gasteiger partial charge on any atom is -0.508 e. The summed E-state index contributed by atoms with van der Waals surface area (Å²) in [6, 6.07) is 52.5. The Hall–Kier alpha value is -8.02. The second-order valence-electron chi connectivity index (χ2n) is 24.7. The van der Waals surface area contributed by atoms with Crippen LogP contribution in [0.5, 0.6) is 5.75 Å². The van der Waals surface area contributed by atoms with Crippen molar-refractivity contribution in [2.75, 3.05) is 58.9 Å². The fourth-order valence-corrected chi connectivity index (χ4v) is 12.7. The first-order valence-electron chi connectivity index (χ1n) is 33.7. The summed E-state index contributed by atoms with van der Waals surface area (Å²) in [5.74, 6) is 2.77. The number of halogens is 1. The van der Waals surface area contributed by atoms with Crippen molar-refractivity contribution in [1.29, 1.82) is 0 Å². The number of aryl methyl sites for hydroxylation is 6. The quantitative estimate of drug-likeness (QED) is 0.0453. The van der Waals surface area contributed by atoms with Crippen molar-refractivity contribution >= 4 is 0 Å². The van der Waals surface area contributed by atoms with E-state index in [0.29, 0.717) is 23.9 Å². The number of phenols is 1. The number of phenolic OH excluding ortho intramolecular Hbond substituents is 1. The summed E-state index contributed by atoms with van der Waals surface area (Å²) >= 11 is 0. The molecule has 0 amide bonds. The fourth-order valence-electron chi connectivity index (χ4n) is 12.7. The first-order chi connectivity index (χ1) is 45.2. The highest BCUT2D eigenvalue weighted by Gasteiger charge is 2.23. The van der Waals surface area contributed by atoms with Crippen LogP contribution in [0.2, 0.25) is 0 Å². The van der Waals surface area contributed by atoms with Crippen LogP contribution in [0, 0.1) is 5.82 Å². The molecular formula is C77H94FN13O. The van der Waals surface area contributed by atoms with Gasteiger partial charge in [-0.05, 0) is 191 Å². The Balaban J connectivity index is 0.000000151. The van der Waals surface area contributed by atoms with Crippen molar-refractivity contribution in [2.45, 2.75) is 136 Å². The van der Waals surface area contributed by atoms with Crippen LogP contribution in [0.3, 0.4) is 0 Å². The maximum Gasteiger partial charge on any atom is 0.128 e. The van der Waals surface area contributed by atoms with Gasteiger partial charge in [0.2, 0.25) is 0 Å². The van der Waals surface area contributed by atoms with Gasteiger partial charge in [-0.1, -0.05) is 92.7 Å². The van der Waals surface area contributed by atoms with Gasteiger partial charge >= 0.3 is 0 Å². The molecular weight excluding hydrogens is 1140 g/mol. The van der Waals surface area contributed by atoms with Crippen LogP contribution < -0.4 is 16.0 Å². The lowest BCUT2D eigenvalue weighted by molar-refractivity contribution is 0.149. The number of piperidine rings is 1. The molecule has 480 valence electrons. The molecule has 4 N–H and O–H groups in total. The van der Waals surface area contributed by atoms with E-state index in [1.54, 1.807) is 24.3 Å². The van der Waals surface area contributed by atoms with Crippen molar-refractivity contribution in [1.82, 2.24) is 65.5 Å². The van der Waals surface area contributed by atoms with E-state index < -0.39 is 0 Å². The van der Waals surface area contributed by atoms with E-state index in [1.807, 2.05) is 67.4 Å². The van der Waals surface area contributed by atoms with E-state index in [1.165, 1.54) is 52.3 Å². The summed E-state index contributed by atoms with van der Waals surface area (Å²) in [6.07, 6.45) is 21.2. The van der Waals surface area contributed by atoms with Crippen LogP contribution in [0.1, 0.15) is 110 Å². The molecule has 2 atom stereocenters. The average Bonchev–Trinajstić information content (AvgIpc) is 2.86. The standard InChI is InChI=1S/C26H31FN4.C26H33N5.C25H30N4O/c1-2-24-18-28-14-15-31(24)19-21-8-3-9-22(16-21)25-12-13-29-26(30-25)11-5-7-20-6-4-10-23(27)17-20;1-2-31(24-11-16-28-17-12-24)20-22-6-3-7-23(19-22)25-13-18-29-26(30-25)8-4-5-21-9-14-27-15-10-21;1-19-17-26-14-15-29(19)18-21-5-2-6-22(16-21)24-12-13-27-25(28-24)7-3-4-20-8-10-23(30)11-9-20/h3-4,6,8-10,12-13,16-17,24,28H,2,5,7,11,14-15,18-19H2,1H3;3,6-7,9-10,13-15,18-19,24,28H,2,4-5,8,11-12,16-17,20H2,1H3;2,5-6,8-13,16,19,26,30H,3-4,7,14-15,17-18H2,1H3/t;;19-/m..0/s1. The number of rotatable bonds is 24. The molecule has 15 heteroatoms. The smallest absolute Gasteiger partial charge is 0.128 e. The lowest BCUT2D eigenvalue weighted by Crippen LogP contribution is -2.50. The molecule has 12 rings (SSSR count). The number of piperazine rings is 2. The Kier molecular flexibility index (Phi) is 26.0. The molecule has 7 heterocycles. The van der Waals surface area contributed by atoms with E-state index in [9.17, 15) is 9.50 Å². The third kappa shape index (κ3) is 21.0. The highest BCUT2D eigenvalue weighted by atomic mass is 19.1. The number of benzene rings is 5. The highest BCUT2D eigenvalue weighted by molar-refractivity contribution is 5.61. The van der Waals surface area contributed by atoms with Gasteiger partial charge in [0.15, 0.2) is 0 Å². The number of aromatic nitrogens is 7. The van der Waals surface area contributed by atoms with Crippen LogP contribution in [0.4, 0.5) is 4.39 Å². The number of nitrogens with one attached hydrogen (secondary N) is 3. The fraction of sp³-hybridized carbons (Fsp3) is 0.390. The summed E-state index contributed by atoms with van der Waals surface area (Å²) in [5, 5.41) is 19.8. The molecule has 1 unspecified atom stereocenters. The third-order valence-corrected chi connectivity index (χ3v) is 17.9. The number of nitrogens with zero attached hydrogens (tertiary/aromatic N) is 10. The highest BCUT2D eigenvalue weighted by Crippen LogP contribution is 2.25. The number of hydrogen-bond acceptors (Lipinski definition) is 14. The van der Waals surface area contributed by atoms with E-state index in [2.05, 4.69) is 156 Å². The molecule has 14 nitrogen and oxygen atoms in total. The number of aromatic hydroxyl groups is 1. The maximum absolute atomic E-state index is 13.3. The van der Waals surface area contributed by atoms with Gasteiger partial charge in [-0.25, -0.2) is 34.3 Å². The molecule has 9 aromatic rings. The molecule has 3 saturated heterocycles. The third-order valence-electron chi connectivity index (χ3n) is 17.9. The number of pyridine rings is 1. The lowest BCUT2D eigenvalue weighted by Gasteiger charge is -2.35. The lowest BCUT2D eigenvalue weighted by atomic mass is 10.0. The average molecular weight is 1240 g/mol. The van der Waals surface area contributed by atoms with Gasteiger partial charge in [0.1, 0.15) is 29.0 Å². The monoisotopic (exact) mass is 1240 g/mol. The zero-order valence-electron chi connectivity index (χ0n) is 54.3. The molecule has 3 fully saturated rings. The van der Waals surface area contributed by atoms with E-state index in [-0.39, 0.29) is 5.82 Å². The summed E-state index contributed by atoms with van der Waals surface area (Å²) < 4.78 is 13.3. The molecule has 3 aliphatic rings. The molecule has 3 aliphatic heterocycles. The summed E-state index contributed by atoms with van der Waals surface area (Å²) in [4.78, 5) is 39.7. The minimum absolute atomic E-state index is 0.179. The first-order valence-corrected chi connectivity index (χ1v) is 33.7. The molecule has 0 radical (unpaired) electrons. The summed E-state index contributed by atoms with van der Waals surface area (Å²) in [6.45, 7) is 19.5. The van der Waals surface area contributed by atoms with Gasteiger partial charge in [-0.15, -0.1) is 0 Å². The Morgan fingerprint density at radius 2 is 0.978 bits per heavy atom. The Bertz CT molecular complexity index is 3640. The van der Waals surface area contributed by atoms with Crippen molar-refractivity contribution < 1.29 is 9.50 Å². The maximum atomic E-state index is 13.3. The second-order valence-corrected chi connectivity index (χ2v) is 24.7. The van der Waals surface area contributed by atoms with Gasteiger partial charge < -0.3 is 21.1 Å². The second kappa shape index (κ2) is 35.7. The van der Waals surface area contributed by atoms with Crippen LogP contribution in [-0.4, -0.2) is 132 Å². The Morgan fingerprint density at radius 1 is 0.489 bits per heavy atom. The van der Waals surface area contributed by atoms with Gasteiger partial charge in [-0.2, -0.15) is 0 Å². The normalized spacial score (nSPS) is 16.3. The Morgan fingerprint density at radius 3 is 1.52 bits per heavy atom.